The van der Waals surface area contributed by atoms with Gasteiger partial charge in [0.2, 0.25) is 15.9 Å². The van der Waals surface area contributed by atoms with Gasteiger partial charge in [-0.15, -0.1) is 0 Å². The largest absolute Gasteiger partial charge is 0.370 e. The number of sulfonamides is 1. The van der Waals surface area contributed by atoms with Gasteiger partial charge in [0.1, 0.15) is 10.7 Å². The molecule has 0 radical (unpaired) electrons. The zero-order valence-corrected chi connectivity index (χ0v) is 14.8. The van der Waals surface area contributed by atoms with Crippen molar-refractivity contribution >= 4 is 15.9 Å². The third kappa shape index (κ3) is 2.97. The first kappa shape index (κ1) is 17.0. The molecule has 0 aromatic heterocycles. The molecule has 1 aromatic rings. The van der Waals surface area contributed by atoms with Crippen LogP contribution in [0.2, 0.25) is 0 Å². The summed E-state index contributed by atoms with van der Waals surface area (Å²) in [6.45, 7) is 0. The summed E-state index contributed by atoms with van der Waals surface area (Å²) in [5.41, 5.74) is 4.68. The van der Waals surface area contributed by atoms with Crippen molar-refractivity contribution in [2.24, 2.45) is 23.0 Å². The SMILES string of the molecule is NC(=O)CC12CC3CC(C1)CC(NS(=O)(=O)c1ccccc1F)(C3)C2. The molecule has 25 heavy (non-hydrogen) atoms. The maximum Gasteiger partial charge on any atom is 0.243 e. The second kappa shape index (κ2) is 5.51. The van der Waals surface area contributed by atoms with E-state index in [9.17, 15) is 17.6 Å². The molecule has 3 N–H and O–H groups in total. The molecule has 1 amide bonds. The van der Waals surface area contributed by atoms with Crippen LogP contribution in [-0.2, 0) is 14.8 Å². The Kier molecular flexibility index (Phi) is 3.74. The summed E-state index contributed by atoms with van der Waals surface area (Å²) in [5, 5.41) is 0. The summed E-state index contributed by atoms with van der Waals surface area (Å²) in [6, 6.07) is 5.44. The van der Waals surface area contributed by atoms with Gasteiger partial charge >= 0.3 is 0 Å². The van der Waals surface area contributed by atoms with Crippen LogP contribution in [-0.4, -0.2) is 19.9 Å². The molecule has 0 saturated heterocycles. The lowest BCUT2D eigenvalue weighted by molar-refractivity contribution is -0.128. The Balaban J connectivity index is 1.66. The molecule has 2 atom stereocenters. The maximum absolute atomic E-state index is 14.0. The van der Waals surface area contributed by atoms with E-state index in [-0.39, 0.29) is 16.2 Å². The normalized spacial score (nSPS) is 36.5. The molecule has 5 nitrogen and oxygen atoms in total. The summed E-state index contributed by atoms with van der Waals surface area (Å²) in [5.74, 6) is -0.256. The average molecular weight is 366 g/mol. The number of amides is 1. The third-order valence-corrected chi connectivity index (χ3v) is 7.82. The topological polar surface area (TPSA) is 89.3 Å². The minimum Gasteiger partial charge on any atom is -0.370 e. The van der Waals surface area contributed by atoms with Crippen molar-refractivity contribution in [2.75, 3.05) is 0 Å². The highest BCUT2D eigenvalue weighted by Gasteiger charge is 2.59. The fourth-order valence-electron chi connectivity index (χ4n) is 6.15. The minimum absolute atomic E-state index is 0.201. The number of carbonyl (C=O) groups is 1. The number of nitrogens with two attached hydrogens (primary N) is 1. The summed E-state index contributed by atoms with van der Waals surface area (Å²) in [4.78, 5) is 11.3. The maximum atomic E-state index is 14.0. The van der Waals surface area contributed by atoms with Gasteiger partial charge in [-0.25, -0.2) is 17.5 Å². The zero-order chi connectivity index (χ0) is 17.9. The van der Waals surface area contributed by atoms with E-state index in [1.165, 1.54) is 18.2 Å². The van der Waals surface area contributed by atoms with Crippen molar-refractivity contribution in [1.82, 2.24) is 4.72 Å². The van der Waals surface area contributed by atoms with Gasteiger partial charge in [0.25, 0.3) is 0 Å². The van der Waals surface area contributed by atoms with Crippen LogP contribution >= 0.6 is 0 Å². The number of hydrogen-bond acceptors (Lipinski definition) is 3. The molecule has 7 heteroatoms. The lowest BCUT2D eigenvalue weighted by atomic mass is 9.46. The van der Waals surface area contributed by atoms with Gasteiger partial charge in [0.15, 0.2) is 0 Å². The molecular formula is C18H23FN2O3S. The van der Waals surface area contributed by atoms with E-state index in [0.29, 0.717) is 24.7 Å². The predicted molar refractivity (Wildman–Crippen MR) is 90.4 cm³/mol. The summed E-state index contributed by atoms with van der Waals surface area (Å²) in [7, 11) is -3.95. The average Bonchev–Trinajstić information content (AvgIpc) is 2.43. The zero-order valence-electron chi connectivity index (χ0n) is 14.0. The number of nitrogens with one attached hydrogen (secondary N) is 1. The molecule has 5 rings (SSSR count). The Bertz CT molecular complexity index is 809. The predicted octanol–water partition coefficient (Wildman–Crippen LogP) is 2.32. The quantitative estimate of drug-likeness (QED) is 0.838. The Labute approximate surface area is 147 Å². The second-order valence-corrected chi connectivity index (χ2v) is 10.1. The Morgan fingerprint density at radius 2 is 1.84 bits per heavy atom. The molecule has 2 unspecified atom stereocenters. The molecule has 0 heterocycles. The van der Waals surface area contributed by atoms with E-state index in [2.05, 4.69) is 4.72 Å². The Morgan fingerprint density at radius 1 is 1.20 bits per heavy atom. The molecule has 136 valence electrons. The fraction of sp³-hybridized carbons (Fsp3) is 0.611. The molecule has 0 aliphatic heterocycles. The third-order valence-electron chi connectivity index (χ3n) is 6.21. The highest BCUT2D eigenvalue weighted by molar-refractivity contribution is 7.89. The van der Waals surface area contributed by atoms with E-state index in [4.69, 9.17) is 5.73 Å². The van der Waals surface area contributed by atoms with Crippen LogP contribution in [0.5, 0.6) is 0 Å². The van der Waals surface area contributed by atoms with Crippen molar-refractivity contribution in [3.63, 3.8) is 0 Å². The van der Waals surface area contributed by atoms with Gasteiger partial charge in [0.05, 0.1) is 0 Å². The Morgan fingerprint density at radius 3 is 2.44 bits per heavy atom. The molecule has 1 aromatic carbocycles. The van der Waals surface area contributed by atoms with Gasteiger partial charge in [-0.05, 0) is 67.9 Å². The fourth-order valence-corrected chi connectivity index (χ4v) is 7.65. The molecule has 4 fully saturated rings. The molecule has 4 saturated carbocycles. The summed E-state index contributed by atoms with van der Waals surface area (Å²) < 4.78 is 42.5. The number of carbonyl (C=O) groups excluding carboxylic acids is 1. The highest BCUT2D eigenvalue weighted by atomic mass is 32.2. The van der Waals surface area contributed by atoms with Crippen molar-refractivity contribution in [3.8, 4) is 0 Å². The van der Waals surface area contributed by atoms with E-state index in [1.54, 1.807) is 0 Å². The second-order valence-electron chi connectivity index (χ2n) is 8.42. The van der Waals surface area contributed by atoms with Crippen LogP contribution in [0.4, 0.5) is 4.39 Å². The number of hydrogen-bond donors (Lipinski definition) is 2. The van der Waals surface area contributed by atoms with Gasteiger partial charge in [-0.2, -0.15) is 0 Å². The monoisotopic (exact) mass is 366 g/mol. The minimum atomic E-state index is -3.95. The molecule has 4 aliphatic rings. The van der Waals surface area contributed by atoms with E-state index < -0.39 is 21.4 Å². The van der Waals surface area contributed by atoms with Gasteiger partial charge < -0.3 is 5.73 Å². The van der Waals surface area contributed by atoms with Crippen molar-refractivity contribution in [3.05, 3.63) is 30.1 Å². The van der Waals surface area contributed by atoms with Crippen molar-refractivity contribution < 1.29 is 17.6 Å². The lowest BCUT2D eigenvalue weighted by Gasteiger charge is -2.62. The van der Waals surface area contributed by atoms with Gasteiger partial charge in [-0.1, -0.05) is 12.1 Å². The number of halogens is 1. The van der Waals surface area contributed by atoms with Crippen molar-refractivity contribution in [2.45, 2.75) is 55.4 Å². The molecular weight excluding hydrogens is 343 g/mol. The van der Waals surface area contributed by atoms with Crippen LogP contribution in [0.25, 0.3) is 0 Å². The van der Waals surface area contributed by atoms with E-state index in [0.717, 1.165) is 38.2 Å². The van der Waals surface area contributed by atoms with Crippen LogP contribution in [0.3, 0.4) is 0 Å². The van der Waals surface area contributed by atoms with Crippen molar-refractivity contribution in [1.29, 1.82) is 0 Å². The number of rotatable bonds is 5. The first-order valence-corrected chi connectivity index (χ1v) is 10.3. The molecule has 4 bridgehead atoms. The van der Waals surface area contributed by atoms with Crippen LogP contribution in [0, 0.1) is 23.1 Å². The Hall–Kier alpha value is -1.47. The summed E-state index contributed by atoms with van der Waals surface area (Å²) in [6.07, 6.45) is 5.41. The first-order chi connectivity index (χ1) is 11.7. The number of benzene rings is 1. The molecule has 4 aliphatic carbocycles. The lowest BCUT2D eigenvalue weighted by Crippen LogP contribution is -2.63. The molecule has 0 spiro atoms. The standard InChI is InChI=1S/C18H23FN2O3S/c19-14-3-1-2-4-15(14)25(23,24)21-18-8-12-5-13(9-18)7-17(6-12,11-18)10-16(20)22/h1-4,12-13,21H,5-11H2,(H2,20,22). The summed E-state index contributed by atoms with van der Waals surface area (Å²) >= 11 is 0. The van der Waals surface area contributed by atoms with Crippen LogP contribution in [0.1, 0.15) is 44.9 Å². The smallest absolute Gasteiger partial charge is 0.243 e. The van der Waals surface area contributed by atoms with E-state index >= 15 is 0 Å². The van der Waals surface area contributed by atoms with E-state index in [1.807, 2.05) is 0 Å². The highest BCUT2D eigenvalue weighted by Crippen LogP contribution is 2.63. The van der Waals surface area contributed by atoms with Gasteiger partial charge in [-0.3, -0.25) is 4.79 Å². The van der Waals surface area contributed by atoms with Crippen LogP contribution < -0.4 is 10.5 Å². The van der Waals surface area contributed by atoms with Gasteiger partial charge in [0, 0.05) is 12.0 Å². The first-order valence-electron chi connectivity index (χ1n) is 8.78. The van der Waals surface area contributed by atoms with Crippen LogP contribution in [0.15, 0.2) is 29.2 Å². The number of primary amides is 1.